The van der Waals surface area contributed by atoms with Gasteiger partial charge in [-0.25, -0.2) is 9.97 Å². The molecule has 4 nitrogen and oxygen atoms in total. The third-order valence-electron chi connectivity index (χ3n) is 2.66. The van der Waals surface area contributed by atoms with E-state index in [4.69, 9.17) is 0 Å². The first kappa shape index (κ1) is 11.9. The summed E-state index contributed by atoms with van der Waals surface area (Å²) in [5.41, 5.74) is 1.70. The molecule has 0 saturated heterocycles. The van der Waals surface area contributed by atoms with Gasteiger partial charge in [-0.15, -0.1) is 0 Å². The zero-order valence-electron chi connectivity index (χ0n) is 9.84. The summed E-state index contributed by atoms with van der Waals surface area (Å²) in [6.45, 7) is 0. The highest BCUT2D eigenvalue weighted by molar-refractivity contribution is 9.10. The van der Waals surface area contributed by atoms with Gasteiger partial charge in [-0.2, -0.15) is 0 Å². The first-order valence-corrected chi connectivity index (χ1v) is 6.48. The van der Waals surface area contributed by atoms with Gasteiger partial charge in [-0.05, 0) is 42.5 Å². The van der Waals surface area contributed by atoms with E-state index >= 15 is 0 Å². The van der Waals surface area contributed by atoms with Crippen molar-refractivity contribution in [3.63, 3.8) is 0 Å². The molecule has 0 saturated carbocycles. The number of nitrogens with one attached hydrogen (secondary N) is 1. The quantitative estimate of drug-likeness (QED) is 0.754. The molecule has 0 fully saturated rings. The van der Waals surface area contributed by atoms with Crippen LogP contribution in [0, 0.1) is 0 Å². The second-order valence-corrected chi connectivity index (χ2v) is 4.98. The second kappa shape index (κ2) is 4.85. The lowest BCUT2D eigenvalue weighted by Crippen LogP contribution is -1.96. The topological polar surface area (TPSA) is 58.0 Å². The zero-order chi connectivity index (χ0) is 13.2. The van der Waals surface area contributed by atoms with Gasteiger partial charge < -0.3 is 10.4 Å². The number of fused-ring (bicyclic) bond motifs is 1. The first-order valence-electron chi connectivity index (χ1n) is 5.69. The van der Waals surface area contributed by atoms with Crippen molar-refractivity contribution < 1.29 is 5.11 Å². The zero-order valence-corrected chi connectivity index (χ0v) is 11.4. The fraction of sp³-hybridized carbons (Fsp3) is 0. The number of aromatic hydroxyl groups is 1. The molecule has 0 aliphatic carbocycles. The number of benzene rings is 2. The van der Waals surface area contributed by atoms with E-state index in [1.54, 1.807) is 24.4 Å². The van der Waals surface area contributed by atoms with Gasteiger partial charge in [0.15, 0.2) is 0 Å². The molecule has 3 aromatic rings. The molecule has 94 valence electrons. The number of hydrogen-bond donors (Lipinski definition) is 2. The van der Waals surface area contributed by atoms with Crippen molar-refractivity contribution in [2.45, 2.75) is 0 Å². The molecule has 2 N–H and O–H groups in total. The minimum Gasteiger partial charge on any atom is -0.508 e. The molecule has 0 unspecified atom stereocenters. The summed E-state index contributed by atoms with van der Waals surface area (Å²) in [4.78, 5) is 8.61. The van der Waals surface area contributed by atoms with Crippen molar-refractivity contribution >= 4 is 38.5 Å². The van der Waals surface area contributed by atoms with Crippen LogP contribution in [0.5, 0.6) is 5.75 Å². The lowest BCUT2D eigenvalue weighted by molar-refractivity contribution is 0.476. The number of hydrogen-bond acceptors (Lipinski definition) is 4. The molecule has 0 aliphatic heterocycles. The fourth-order valence-electron chi connectivity index (χ4n) is 1.74. The van der Waals surface area contributed by atoms with Crippen LogP contribution in [0.15, 0.2) is 53.1 Å². The number of phenols is 1. The summed E-state index contributed by atoms with van der Waals surface area (Å²) in [6, 6.07) is 12.8. The third-order valence-corrected chi connectivity index (χ3v) is 3.19. The van der Waals surface area contributed by atoms with Crippen LogP contribution in [0.1, 0.15) is 0 Å². The average Bonchev–Trinajstić information content (AvgIpc) is 2.42. The Hall–Kier alpha value is -2.14. The summed E-state index contributed by atoms with van der Waals surface area (Å²) in [5, 5.41) is 13.3. The minimum absolute atomic E-state index is 0.213. The maximum absolute atomic E-state index is 9.39. The maximum Gasteiger partial charge on any atom is 0.227 e. The van der Waals surface area contributed by atoms with Gasteiger partial charge >= 0.3 is 0 Å². The van der Waals surface area contributed by atoms with Crippen molar-refractivity contribution in [3.8, 4) is 5.75 Å². The molecule has 0 atom stereocenters. The van der Waals surface area contributed by atoms with Crippen LogP contribution in [-0.2, 0) is 0 Å². The van der Waals surface area contributed by atoms with E-state index in [0.29, 0.717) is 5.95 Å². The maximum atomic E-state index is 9.39. The standard InChI is InChI=1S/C14H10BrN3O/c15-10-1-3-11(4-2-10)17-14-16-8-9-7-12(19)5-6-13(9)18-14/h1-8,19H,(H,16,17,18). The predicted molar refractivity (Wildman–Crippen MR) is 78.6 cm³/mol. The highest BCUT2D eigenvalue weighted by Crippen LogP contribution is 2.21. The Morgan fingerprint density at radius 1 is 1.05 bits per heavy atom. The van der Waals surface area contributed by atoms with Crippen LogP contribution in [0.25, 0.3) is 10.9 Å². The van der Waals surface area contributed by atoms with Gasteiger partial charge in [0, 0.05) is 21.7 Å². The Balaban J connectivity index is 1.93. The van der Waals surface area contributed by atoms with E-state index in [1.165, 1.54) is 0 Å². The molecular weight excluding hydrogens is 306 g/mol. The van der Waals surface area contributed by atoms with E-state index in [1.807, 2.05) is 24.3 Å². The lowest BCUT2D eigenvalue weighted by Gasteiger charge is -2.05. The molecule has 0 radical (unpaired) electrons. The van der Waals surface area contributed by atoms with Gasteiger partial charge in [-0.1, -0.05) is 15.9 Å². The van der Waals surface area contributed by atoms with Crippen LogP contribution < -0.4 is 5.32 Å². The van der Waals surface area contributed by atoms with Gasteiger partial charge in [0.05, 0.1) is 5.52 Å². The fourth-order valence-corrected chi connectivity index (χ4v) is 2.01. The van der Waals surface area contributed by atoms with E-state index in [-0.39, 0.29) is 5.75 Å². The van der Waals surface area contributed by atoms with Gasteiger partial charge in [0.1, 0.15) is 5.75 Å². The van der Waals surface area contributed by atoms with Crippen LogP contribution in [0.4, 0.5) is 11.6 Å². The number of phenolic OH excluding ortho intramolecular Hbond substituents is 1. The highest BCUT2D eigenvalue weighted by atomic mass is 79.9. The van der Waals surface area contributed by atoms with E-state index in [9.17, 15) is 5.11 Å². The monoisotopic (exact) mass is 315 g/mol. The Morgan fingerprint density at radius 3 is 2.63 bits per heavy atom. The van der Waals surface area contributed by atoms with Gasteiger partial charge in [0.2, 0.25) is 5.95 Å². The second-order valence-electron chi connectivity index (χ2n) is 4.07. The van der Waals surface area contributed by atoms with Gasteiger partial charge in [0.25, 0.3) is 0 Å². The number of aromatic nitrogens is 2. The van der Waals surface area contributed by atoms with Crippen molar-refractivity contribution in [3.05, 3.63) is 53.1 Å². The summed E-state index contributed by atoms with van der Waals surface area (Å²) < 4.78 is 1.02. The van der Waals surface area contributed by atoms with E-state index in [0.717, 1.165) is 21.1 Å². The van der Waals surface area contributed by atoms with Crippen LogP contribution in [-0.4, -0.2) is 15.1 Å². The Kier molecular flexibility index (Phi) is 3.05. The number of rotatable bonds is 2. The van der Waals surface area contributed by atoms with E-state index < -0.39 is 0 Å². The molecule has 2 aromatic carbocycles. The van der Waals surface area contributed by atoms with Crippen molar-refractivity contribution in [2.24, 2.45) is 0 Å². The number of halogens is 1. The molecule has 5 heteroatoms. The van der Waals surface area contributed by atoms with Crippen molar-refractivity contribution in [2.75, 3.05) is 5.32 Å². The Labute approximate surface area is 118 Å². The Morgan fingerprint density at radius 2 is 1.84 bits per heavy atom. The SMILES string of the molecule is Oc1ccc2nc(Nc3ccc(Br)cc3)ncc2c1. The molecule has 1 aromatic heterocycles. The minimum atomic E-state index is 0.213. The molecule has 0 aliphatic rings. The molecule has 19 heavy (non-hydrogen) atoms. The van der Waals surface area contributed by atoms with Crippen LogP contribution >= 0.6 is 15.9 Å². The molecule has 0 amide bonds. The van der Waals surface area contributed by atoms with Crippen LogP contribution in [0.3, 0.4) is 0 Å². The van der Waals surface area contributed by atoms with Crippen LogP contribution in [0.2, 0.25) is 0 Å². The number of nitrogens with zero attached hydrogens (tertiary/aromatic N) is 2. The predicted octanol–water partition coefficient (Wildman–Crippen LogP) is 3.84. The lowest BCUT2D eigenvalue weighted by atomic mass is 10.2. The van der Waals surface area contributed by atoms with Crippen molar-refractivity contribution in [1.29, 1.82) is 0 Å². The summed E-state index contributed by atoms with van der Waals surface area (Å²) in [6.07, 6.45) is 1.68. The molecule has 3 rings (SSSR count). The Bertz CT molecular complexity index is 728. The summed E-state index contributed by atoms with van der Waals surface area (Å²) >= 11 is 3.39. The largest absolute Gasteiger partial charge is 0.508 e. The smallest absolute Gasteiger partial charge is 0.227 e. The molecule has 0 bridgehead atoms. The van der Waals surface area contributed by atoms with E-state index in [2.05, 4.69) is 31.2 Å². The van der Waals surface area contributed by atoms with Crippen molar-refractivity contribution in [1.82, 2.24) is 9.97 Å². The molecule has 1 heterocycles. The third kappa shape index (κ3) is 2.66. The summed E-state index contributed by atoms with van der Waals surface area (Å²) in [5.74, 6) is 0.741. The summed E-state index contributed by atoms with van der Waals surface area (Å²) in [7, 11) is 0. The normalized spacial score (nSPS) is 10.6. The molecular formula is C14H10BrN3O. The van der Waals surface area contributed by atoms with Gasteiger partial charge in [-0.3, -0.25) is 0 Å². The average molecular weight is 316 g/mol. The first-order chi connectivity index (χ1) is 9.20. The molecule has 0 spiro atoms. The highest BCUT2D eigenvalue weighted by Gasteiger charge is 2.01. The number of anilines is 2.